The van der Waals surface area contributed by atoms with Gasteiger partial charge in [-0.25, -0.2) is 0 Å². The van der Waals surface area contributed by atoms with Crippen LogP contribution in [0.4, 0.5) is 0 Å². The fraction of sp³-hybridized carbons (Fsp3) is 0.333. The summed E-state index contributed by atoms with van der Waals surface area (Å²) in [5, 5.41) is 0. The minimum Gasteiger partial charge on any atom is -0.480 e. The summed E-state index contributed by atoms with van der Waals surface area (Å²) < 4.78 is 12.4. The Kier molecular flexibility index (Phi) is 4.66. The number of hydrogen-bond acceptors (Lipinski definition) is 3. The summed E-state index contributed by atoms with van der Waals surface area (Å²) in [6.07, 6.45) is 2.17. The van der Waals surface area contributed by atoms with Crippen molar-refractivity contribution in [1.82, 2.24) is 0 Å². The molecule has 2 N–H and O–H groups in total. The minimum atomic E-state index is -0.279. The van der Waals surface area contributed by atoms with E-state index < -0.39 is 0 Å². The molecule has 4 heteroatoms. The molecule has 0 aliphatic heterocycles. The Morgan fingerprint density at radius 1 is 1.37 bits per heavy atom. The van der Waals surface area contributed by atoms with Crippen molar-refractivity contribution in [3.63, 3.8) is 0 Å². The molecule has 1 aromatic carbocycles. The fourth-order valence-electron chi connectivity index (χ4n) is 1.86. The molecular weight excluding hydrogens is 306 g/mol. The first kappa shape index (κ1) is 14.2. The van der Waals surface area contributed by atoms with Crippen LogP contribution < -0.4 is 10.5 Å². The Morgan fingerprint density at radius 2 is 2.16 bits per heavy atom. The van der Waals surface area contributed by atoms with Crippen LogP contribution in [0.2, 0.25) is 0 Å². The smallest absolute Gasteiger partial charge is 0.171 e. The molecule has 3 nitrogen and oxygen atoms in total. The highest BCUT2D eigenvalue weighted by Crippen LogP contribution is 2.32. The number of halogens is 1. The Morgan fingerprint density at radius 3 is 2.74 bits per heavy atom. The van der Waals surface area contributed by atoms with Gasteiger partial charge in [0.2, 0.25) is 0 Å². The van der Waals surface area contributed by atoms with Crippen LogP contribution in [0.25, 0.3) is 0 Å². The predicted octanol–water partition coefficient (Wildman–Crippen LogP) is 4.21. The second-order valence-corrected chi connectivity index (χ2v) is 5.41. The van der Waals surface area contributed by atoms with Gasteiger partial charge in [-0.3, -0.25) is 0 Å². The fourth-order valence-corrected chi connectivity index (χ4v) is 2.45. The van der Waals surface area contributed by atoms with Crippen molar-refractivity contribution in [2.75, 3.05) is 0 Å². The van der Waals surface area contributed by atoms with E-state index in [1.807, 2.05) is 44.2 Å². The largest absolute Gasteiger partial charge is 0.480 e. The molecule has 19 heavy (non-hydrogen) atoms. The van der Waals surface area contributed by atoms with Crippen molar-refractivity contribution in [1.29, 1.82) is 0 Å². The van der Waals surface area contributed by atoms with E-state index in [0.717, 1.165) is 22.4 Å². The van der Waals surface area contributed by atoms with Gasteiger partial charge in [0.25, 0.3) is 0 Å². The summed E-state index contributed by atoms with van der Waals surface area (Å²) in [5.41, 5.74) is 7.31. The van der Waals surface area contributed by atoms with E-state index >= 15 is 0 Å². The average molecular weight is 324 g/mol. The second-order valence-electron chi connectivity index (χ2n) is 4.56. The number of aryl methyl sites for hydroxylation is 1. The molecule has 2 rings (SSSR count). The third-order valence-corrected chi connectivity index (χ3v) is 3.64. The lowest BCUT2D eigenvalue weighted by Crippen LogP contribution is -2.31. The summed E-state index contributed by atoms with van der Waals surface area (Å²) >= 11 is 3.51. The molecule has 0 saturated carbocycles. The predicted molar refractivity (Wildman–Crippen MR) is 79.2 cm³/mol. The zero-order chi connectivity index (χ0) is 13.8. The molecule has 2 unspecified atom stereocenters. The molecule has 0 amide bonds. The summed E-state index contributed by atoms with van der Waals surface area (Å²) in [4.78, 5) is 0. The van der Waals surface area contributed by atoms with Gasteiger partial charge in [0, 0.05) is 6.04 Å². The average Bonchev–Trinajstić information content (AvgIpc) is 2.91. The molecule has 102 valence electrons. The van der Waals surface area contributed by atoms with Crippen LogP contribution in [0.5, 0.6) is 5.75 Å². The maximum atomic E-state index is 6.14. The van der Waals surface area contributed by atoms with E-state index in [1.165, 1.54) is 5.56 Å². The van der Waals surface area contributed by atoms with Crippen LogP contribution in [-0.2, 0) is 0 Å². The number of hydrogen-bond donors (Lipinski definition) is 1. The highest BCUT2D eigenvalue weighted by molar-refractivity contribution is 9.10. The number of nitrogens with two attached hydrogens (primary N) is 1. The zero-order valence-corrected chi connectivity index (χ0v) is 12.7. The van der Waals surface area contributed by atoms with Crippen molar-refractivity contribution in [2.45, 2.75) is 32.4 Å². The molecule has 0 spiro atoms. The number of benzene rings is 1. The highest BCUT2D eigenvalue weighted by atomic mass is 79.9. The Bertz CT molecular complexity index is 525. The topological polar surface area (TPSA) is 48.4 Å². The molecular formula is C15H18BrNO2. The van der Waals surface area contributed by atoms with E-state index in [1.54, 1.807) is 6.26 Å². The van der Waals surface area contributed by atoms with Gasteiger partial charge in [-0.15, -0.1) is 0 Å². The van der Waals surface area contributed by atoms with Crippen LogP contribution >= 0.6 is 15.9 Å². The van der Waals surface area contributed by atoms with Crippen molar-refractivity contribution >= 4 is 15.9 Å². The molecule has 0 aliphatic carbocycles. The molecule has 0 aliphatic rings. The second kappa shape index (κ2) is 6.26. The van der Waals surface area contributed by atoms with Gasteiger partial charge >= 0.3 is 0 Å². The normalized spacial score (nSPS) is 14.1. The van der Waals surface area contributed by atoms with E-state index in [-0.39, 0.29) is 12.1 Å². The molecule has 0 bridgehead atoms. The first-order valence-electron chi connectivity index (χ1n) is 6.33. The zero-order valence-electron chi connectivity index (χ0n) is 11.1. The quantitative estimate of drug-likeness (QED) is 0.896. The molecule has 0 saturated heterocycles. The van der Waals surface area contributed by atoms with Crippen molar-refractivity contribution < 1.29 is 9.15 Å². The summed E-state index contributed by atoms with van der Waals surface area (Å²) in [6.45, 7) is 4.07. The molecule has 2 atom stereocenters. The Hall–Kier alpha value is -1.26. The van der Waals surface area contributed by atoms with Crippen molar-refractivity contribution in [2.24, 2.45) is 5.73 Å². The maximum absolute atomic E-state index is 6.14. The first-order chi connectivity index (χ1) is 9.11. The van der Waals surface area contributed by atoms with Crippen LogP contribution in [0.1, 0.15) is 30.8 Å². The lowest BCUT2D eigenvalue weighted by molar-refractivity contribution is 0.143. The SMILES string of the molecule is CCC(N)C(Oc1ccc(C)cc1Br)c1ccco1. The van der Waals surface area contributed by atoms with Gasteiger partial charge < -0.3 is 14.9 Å². The Balaban J connectivity index is 2.25. The van der Waals surface area contributed by atoms with E-state index in [4.69, 9.17) is 14.9 Å². The van der Waals surface area contributed by atoms with E-state index in [9.17, 15) is 0 Å². The lowest BCUT2D eigenvalue weighted by Gasteiger charge is -2.23. The molecule has 1 aromatic heterocycles. The summed E-state index contributed by atoms with van der Waals surface area (Å²) in [5.74, 6) is 1.53. The van der Waals surface area contributed by atoms with Gasteiger partial charge in [0.1, 0.15) is 11.5 Å². The standard InChI is InChI=1S/C15H18BrNO2/c1-3-12(17)15(14-5-4-8-18-14)19-13-7-6-10(2)9-11(13)16/h4-9,12,15H,3,17H2,1-2H3. The third-order valence-electron chi connectivity index (χ3n) is 3.03. The van der Waals surface area contributed by atoms with Crippen molar-refractivity contribution in [3.8, 4) is 5.75 Å². The van der Waals surface area contributed by atoms with E-state index in [0.29, 0.717) is 0 Å². The van der Waals surface area contributed by atoms with Gasteiger partial charge in [-0.05, 0) is 59.1 Å². The van der Waals surface area contributed by atoms with Gasteiger partial charge in [-0.2, -0.15) is 0 Å². The molecule has 0 radical (unpaired) electrons. The number of furan rings is 1. The number of ether oxygens (including phenoxy) is 1. The monoisotopic (exact) mass is 323 g/mol. The number of rotatable bonds is 5. The van der Waals surface area contributed by atoms with Crippen LogP contribution in [0.15, 0.2) is 45.5 Å². The van der Waals surface area contributed by atoms with Crippen LogP contribution in [0.3, 0.4) is 0 Å². The van der Waals surface area contributed by atoms with Crippen LogP contribution in [0, 0.1) is 6.92 Å². The van der Waals surface area contributed by atoms with Gasteiger partial charge in [0.05, 0.1) is 10.7 Å². The van der Waals surface area contributed by atoms with Crippen LogP contribution in [-0.4, -0.2) is 6.04 Å². The highest BCUT2D eigenvalue weighted by Gasteiger charge is 2.23. The van der Waals surface area contributed by atoms with E-state index in [2.05, 4.69) is 15.9 Å². The summed E-state index contributed by atoms with van der Waals surface area (Å²) in [7, 11) is 0. The third kappa shape index (κ3) is 3.39. The first-order valence-corrected chi connectivity index (χ1v) is 7.13. The Labute approximate surface area is 121 Å². The molecule has 1 heterocycles. The molecule has 2 aromatic rings. The maximum Gasteiger partial charge on any atom is 0.171 e. The molecule has 0 fully saturated rings. The van der Waals surface area contributed by atoms with Gasteiger partial charge in [-0.1, -0.05) is 13.0 Å². The lowest BCUT2D eigenvalue weighted by atomic mass is 10.1. The van der Waals surface area contributed by atoms with Gasteiger partial charge in [0.15, 0.2) is 6.10 Å². The van der Waals surface area contributed by atoms with Crippen molar-refractivity contribution in [3.05, 3.63) is 52.4 Å². The minimum absolute atomic E-state index is 0.112. The summed E-state index contributed by atoms with van der Waals surface area (Å²) in [6, 6.07) is 9.60.